The minimum Gasteiger partial charge on any atom is -0.351 e. The summed E-state index contributed by atoms with van der Waals surface area (Å²) in [7, 11) is 2.12. The molecule has 1 aliphatic carbocycles. The summed E-state index contributed by atoms with van der Waals surface area (Å²) in [6.07, 6.45) is 6.39. The van der Waals surface area contributed by atoms with Crippen molar-refractivity contribution in [3.8, 4) is 0 Å². The van der Waals surface area contributed by atoms with Gasteiger partial charge in [-0.3, -0.25) is 14.4 Å². The Balaban J connectivity index is 1.66. The number of nitrogens with one attached hydrogen (secondary N) is 2. The van der Waals surface area contributed by atoms with Crippen LogP contribution >= 0.6 is 0 Å². The van der Waals surface area contributed by atoms with Crippen molar-refractivity contribution in [1.29, 1.82) is 0 Å². The minimum absolute atomic E-state index is 0.177. The second-order valence-electron chi connectivity index (χ2n) is 7.26. The molecule has 0 aliphatic heterocycles. The number of fused-ring (bicyclic) bond motifs is 1. The van der Waals surface area contributed by atoms with Gasteiger partial charge in [0.2, 0.25) is 0 Å². The average molecular weight is 372 g/mol. The molecular weight excluding hydrogens is 344 g/mol. The first-order chi connectivity index (χ1) is 13.0. The van der Waals surface area contributed by atoms with Crippen LogP contribution in [0.4, 0.5) is 0 Å². The number of amides is 1. The lowest BCUT2D eigenvalue weighted by Crippen LogP contribution is -2.39. The van der Waals surface area contributed by atoms with Gasteiger partial charge in [0.05, 0.1) is 11.0 Å². The topological polar surface area (TPSA) is 87.2 Å². The molecule has 1 amide bonds. The van der Waals surface area contributed by atoms with E-state index in [2.05, 4.69) is 22.2 Å². The number of hydrogen-bond acceptors (Lipinski definition) is 4. The van der Waals surface area contributed by atoms with E-state index in [4.69, 9.17) is 0 Å². The van der Waals surface area contributed by atoms with Crippen LogP contribution in [0.2, 0.25) is 0 Å². The van der Waals surface area contributed by atoms with E-state index in [1.807, 2.05) is 6.92 Å². The van der Waals surface area contributed by atoms with Crippen LogP contribution in [0, 0.1) is 0 Å². The quantitative estimate of drug-likeness (QED) is 0.756. The standard InChI is InChI=1S/C20H28N4O3/c1-3-24-17-10-9-14(13-16(17)22-19(26)20(24)27)18(25)21-11-12-23(2)15-7-5-4-6-8-15/h9-10,13,15H,3-8,11-12H2,1-2H3,(H,21,25)(H,22,26). The lowest BCUT2D eigenvalue weighted by Gasteiger charge is -2.31. The van der Waals surface area contributed by atoms with Crippen LogP contribution in [0.15, 0.2) is 27.8 Å². The molecule has 0 unspecified atom stereocenters. The number of carbonyl (C=O) groups excluding carboxylic acids is 1. The molecular formula is C20H28N4O3. The van der Waals surface area contributed by atoms with Gasteiger partial charge in [-0.05, 0) is 45.0 Å². The van der Waals surface area contributed by atoms with Gasteiger partial charge in [-0.2, -0.15) is 0 Å². The number of likely N-dealkylation sites (N-methyl/N-ethyl adjacent to an activating group) is 1. The van der Waals surface area contributed by atoms with E-state index in [0.29, 0.717) is 35.7 Å². The van der Waals surface area contributed by atoms with E-state index in [1.165, 1.54) is 36.7 Å². The largest absolute Gasteiger partial charge is 0.351 e. The molecule has 1 aromatic carbocycles. The zero-order chi connectivity index (χ0) is 19.4. The van der Waals surface area contributed by atoms with E-state index in [0.717, 1.165) is 6.54 Å². The first-order valence-corrected chi connectivity index (χ1v) is 9.76. The predicted octanol–water partition coefficient (Wildman–Crippen LogP) is 1.70. The molecule has 1 fully saturated rings. The van der Waals surface area contributed by atoms with Gasteiger partial charge in [0.1, 0.15) is 0 Å². The highest BCUT2D eigenvalue weighted by atomic mass is 16.2. The van der Waals surface area contributed by atoms with Gasteiger partial charge in [-0.1, -0.05) is 19.3 Å². The van der Waals surface area contributed by atoms with Crippen molar-refractivity contribution in [2.75, 3.05) is 20.1 Å². The Bertz CT molecular complexity index is 925. The van der Waals surface area contributed by atoms with E-state index in [9.17, 15) is 14.4 Å². The summed E-state index contributed by atoms with van der Waals surface area (Å²) in [6.45, 7) is 3.60. The van der Waals surface area contributed by atoms with E-state index in [1.54, 1.807) is 18.2 Å². The molecule has 7 heteroatoms. The zero-order valence-corrected chi connectivity index (χ0v) is 16.1. The van der Waals surface area contributed by atoms with Crippen LogP contribution in [0.5, 0.6) is 0 Å². The third kappa shape index (κ3) is 4.30. The highest BCUT2D eigenvalue weighted by Gasteiger charge is 2.18. The maximum Gasteiger partial charge on any atom is 0.316 e. The molecule has 1 saturated carbocycles. The third-order valence-electron chi connectivity index (χ3n) is 5.50. The van der Waals surface area contributed by atoms with Crippen molar-refractivity contribution in [1.82, 2.24) is 19.8 Å². The molecule has 2 aromatic rings. The van der Waals surface area contributed by atoms with Crippen molar-refractivity contribution in [2.45, 2.75) is 51.6 Å². The Labute approximate surface area is 158 Å². The number of aryl methyl sites for hydroxylation is 1. The van der Waals surface area contributed by atoms with Gasteiger partial charge in [-0.15, -0.1) is 0 Å². The van der Waals surface area contributed by atoms with Crippen molar-refractivity contribution in [3.63, 3.8) is 0 Å². The maximum absolute atomic E-state index is 12.5. The second kappa shape index (κ2) is 8.52. The van der Waals surface area contributed by atoms with Crippen molar-refractivity contribution in [3.05, 3.63) is 44.5 Å². The van der Waals surface area contributed by atoms with Crippen LogP contribution in [0.3, 0.4) is 0 Å². The molecule has 0 radical (unpaired) electrons. The first-order valence-electron chi connectivity index (χ1n) is 9.76. The monoisotopic (exact) mass is 372 g/mol. The summed E-state index contributed by atoms with van der Waals surface area (Å²) in [5.41, 5.74) is 0.341. The molecule has 146 valence electrons. The molecule has 27 heavy (non-hydrogen) atoms. The second-order valence-corrected chi connectivity index (χ2v) is 7.26. The Morgan fingerprint density at radius 3 is 2.70 bits per heavy atom. The van der Waals surface area contributed by atoms with Gasteiger partial charge >= 0.3 is 11.1 Å². The Hall–Kier alpha value is -2.41. The Morgan fingerprint density at radius 2 is 2.00 bits per heavy atom. The van der Waals surface area contributed by atoms with Crippen molar-refractivity contribution < 1.29 is 4.79 Å². The average Bonchev–Trinajstić information content (AvgIpc) is 2.69. The van der Waals surface area contributed by atoms with Crippen LogP contribution in [0.1, 0.15) is 49.4 Å². The molecule has 1 aromatic heterocycles. The van der Waals surface area contributed by atoms with Gasteiger partial charge < -0.3 is 19.8 Å². The summed E-state index contributed by atoms with van der Waals surface area (Å²) >= 11 is 0. The molecule has 2 N–H and O–H groups in total. The Morgan fingerprint density at radius 1 is 1.26 bits per heavy atom. The van der Waals surface area contributed by atoms with E-state index < -0.39 is 11.1 Å². The molecule has 0 saturated heterocycles. The summed E-state index contributed by atoms with van der Waals surface area (Å²) in [4.78, 5) is 41.1. The van der Waals surface area contributed by atoms with Crippen LogP contribution in [-0.4, -0.2) is 46.5 Å². The summed E-state index contributed by atoms with van der Waals surface area (Å²) in [5.74, 6) is -0.177. The van der Waals surface area contributed by atoms with Crippen LogP contribution in [0.25, 0.3) is 11.0 Å². The smallest absolute Gasteiger partial charge is 0.316 e. The first kappa shape index (κ1) is 19.4. The molecule has 0 bridgehead atoms. The number of aromatic amines is 1. The number of aromatic nitrogens is 2. The summed E-state index contributed by atoms with van der Waals surface area (Å²) in [6, 6.07) is 5.64. The number of carbonyl (C=O) groups is 1. The zero-order valence-electron chi connectivity index (χ0n) is 16.1. The fraction of sp³-hybridized carbons (Fsp3) is 0.550. The Kier molecular flexibility index (Phi) is 6.11. The highest BCUT2D eigenvalue weighted by molar-refractivity contribution is 5.97. The van der Waals surface area contributed by atoms with Gasteiger partial charge in [-0.25, -0.2) is 0 Å². The number of nitrogens with zero attached hydrogens (tertiary/aromatic N) is 2. The number of H-pyrrole nitrogens is 1. The van der Waals surface area contributed by atoms with Crippen LogP contribution < -0.4 is 16.4 Å². The molecule has 0 spiro atoms. The van der Waals surface area contributed by atoms with E-state index >= 15 is 0 Å². The maximum atomic E-state index is 12.5. The lowest BCUT2D eigenvalue weighted by atomic mass is 9.94. The highest BCUT2D eigenvalue weighted by Crippen LogP contribution is 2.21. The van der Waals surface area contributed by atoms with Gasteiger partial charge in [0, 0.05) is 31.2 Å². The third-order valence-corrected chi connectivity index (χ3v) is 5.50. The van der Waals surface area contributed by atoms with Gasteiger partial charge in [0.25, 0.3) is 5.91 Å². The van der Waals surface area contributed by atoms with Crippen molar-refractivity contribution >= 4 is 16.9 Å². The summed E-state index contributed by atoms with van der Waals surface area (Å²) < 4.78 is 1.41. The van der Waals surface area contributed by atoms with Crippen molar-refractivity contribution in [2.24, 2.45) is 0 Å². The molecule has 1 aliphatic rings. The SMILES string of the molecule is CCn1c(=O)c(=O)[nH]c2cc(C(=O)NCCN(C)C3CCCCC3)ccc21. The molecule has 1 heterocycles. The predicted molar refractivity (Wildman–Crippen MR) is 106 cm³/mol. The fourth-order valence-corrected chi connectivity index (χ4v) is 3.89. The van der Waals surface area contributed by atoms with Crippen LogP contribution in [-0.2, 0) is 6.54 Å². The molecule has 3 rings (SSSR count). The van der Waals surface area contributed by atoms with E-state index in [-0.39, 0.29) is 5.91 Å². The lowest BCUT2D eigenvalue weighted by molar-refractivity contribution is 0.0944. The molecule has 7 nitrogen and oxygen atoms in total. The number of rotatable bonds is 6. The molecule has 0 atom stereocenters. The number of benzene rings is 1. The number of hydrogen-bond donors (Lipinski definition) is 2. The van der Waals surface area contributed by atoms with Gasteiger partial charge in [0.15, 0.2) is 0 Å². The fourth-order valence-electron chi connectivity index (χ4n) is 3.89. The summed E-state index contributed by atoms with van der Waals surface area (Å²) in [5, 5.41) is 2.95. The normalized spacial score (nSPS) is 15.4. The minimum atomic E-state index is -0.670.